The molecule has 0 aromatic heterocycles. The second-order valence-electron chi connectivity index (χ2n) is 5.60. The van der Waals surface area contributed by atoms with Crippen LogP contribution in [0.3, 0.4) is 0 Å². The third kappa shape index (κ3) is 3.94. The molecule has 0 heterocycles. The number of benzene rings is 1. The maximum Gasteiger partial charge on any atom is 0.240 e. The van der Waals surface area contributed by atoms with Gasteiger partial charge in [0.15, 0.2) is 0 Å². The van der Waals surface area contributed by atoms with Crippen LogP contribution in [-0.2, 0) is 10.0 Å². The van der Waals surface area contributed by atoms with Crippen molar-refractivity contribution in [3.05, 3.63) is 24.3 Å². The van der Waals surface area contributed by atoms with E-state index in [1.165, 1.54) is 0 Å². The van der Waals surface area contributed by atoms with Crippen molar-refractivity contribution in [1.82, 2.24) is 4.72 Å². The van der Waals surface area contributed by atoms with Crippen molar-refractivity contribution in [3.8, 4) is 0 Å². The molecule has 106 valence electrons. The first-order valence-corrected chi connectivity index (χ1v) is 8.26. The minimum Gasteiger partial charge on any atom is -0.382 e. The number of sulfonamides is 1. The van der Waals surface area contributed by atoms with Crippen LogP contribution in [0, 0.1) is 5.92 Å². The summed E-state index contributed by atoms with van der Waals surface area (Å²) in [5.74, 6) is 0.528. The molecule has 2 rings (SSSR count). The zero-order valence-corrected chi connectivity index (χ0v) is 12.5. The zero-order valence-electron chi connectivity index (χ0n) is 11.7. The third-order valence-electron chi connectivity index (χ3n) is 3.46. The Hall–Kier alpha value is -1.07. The van der Waals surface area contributed by atoms with Crippen LogP contribution in [0.15, 0.2) is 29.2 Å². The molecule has 0 spiro atoms. The highest BCUT2D eigenvalue weighted by atomic mass is 32.2. The summed E-state index contributed by atoms with van der Waals surface area (Å²) in [6.07, 6.45) is 1.90. The van der Waals surface area contributed by atoms with E-state index in [1.54, 1.807) is 12.1 Å². The smallest absolute Gasteiger partial charge is 0.240 e. The van der Waals surface area contributed by atoms with E-state index < -0.39 is 10.0 Å². The average Bonchev–Trinajstić information content (AvgIpc) is 3.12. The van der Waals surface area contributed by atoms with Crippen molar-refractivity contribution < 1.29 is 8.42 Å². The van der Waals surface area contributed by atoms with Gasteiger partial charge in [-0.1, -0.05) is 13.8 Å². The molecule has 1 fully saturated rings. The van der Waals surface area contributed by atoms with Crippen molar-refractivity contribution in [2.45, 2.75) is 50.6 Å². The normalized spacial score (nSPS) is 17.5. The van der Waals surface area contributed by atoms with Gasteiger partial charge in [0.05, 0.1) is 4.90 Å². The molecule has 1 unspecified atom stereocenters. The molecular formula is C14H22N2O2S. The number of nitrogens with one attached hydrogen (secondary N) is 2. The van der Waals surface area contributed by atoms with Crippen molar-refractivity contribution in [3.63, 3.8) is 0 Å². The van der Waals surface area contributed by atoms with Crippen LogP contribution in [0.2, 0.25) is 0 Å². The molecule has 1 aliphatic rings. The minimum absolute atomic E-state index is 0.142. The van der Waals surface area contributed by atoms with Gasteiger partial charge in [0.25, 0.3) is 0 Å². The summed E-state index contributed by atoms with van der Waals surface area (Å²) in [5, 5.41) is 3.36. The molecule has 0 aliphatic heterocycles. The van der Waals surface area contributed by atoms with Crippen LogP contribution in [0.5, 0.6) is 0 Å². The molecule has 1 aromatic carbocycles. The average molecular weight is 282 g/mol. The quantitative estimate of drug-likeness (QED) is 0.843. The molecule has 4 nitrogen and oxygen atoms in total. The van der Waals surface area contributed by atoms with Crippen LogP contribution in [0.25, 0.3) is 0 Å². The highest BCUT2D eigenvalue weighted by Crippen LogP contribution is 2.23. The van der Waals surface area contributed by atoms with Crippen LogP contribution in [0.4, 0.5) is 5.69 Å². The van der Waals surface area contributed by atoms with Crippen molar-refractivity contribution in [2.75, 3.05) is 5.32 Å². The van der Waals surface area contributed by atoms with Gasteiger partial charge in [-0.05, 0) is 49.9 Å². The summed E-state index contributed by atoms with van der Waals surface area (Å²) in [6.45, 7) is 6.41. The van der Waals surface area contributed by atoms with E-state index in [-0.39, 0.29) is 6.04 Å². The lowest BCUT2D eigenvalue weighted by atomic mass is 10.1. The van der Waals surface area contributed by atoms with E-state index in [9.17, 15) is 8.42 Å². The number of rotatable bonds is 6. The van der Waals surface area contributed by atoms with Gasteiger partial charge >= 0.3 is 0 Å². The first kappa shape index (κ1) is 14.3. The molecule has 19 heavy (non-hydrogen) atoms. The lowest BCUT2D eigenvalue weighted by Crippen LogP contribution is -2.25. The van der Waals surface area contributed by atoms with E-state index in [2.05, 4.69) is 30.8 Å². The van der Waals surface area contributed by atoms with E-state index >= 15 is 0 Å². The lowest BCUT2D eigenvalue weighted by Gasteiger charge is -2.19. The predicted octanol–water partition coefficient (Wildman–Crippen LogP) is 2.58. The molecule has 0 bridgehead atoms. The Morgan fingerprint density at radius 2 is 1.68 bits per heavy atom. The van der Waals surface area contributed by atoms with Gasteiger partial charge in [-0.25, -0.2) is 13.1 Å². The van der Waals surface area contributed by atoms with Gasteiger partial charge in [-0.3, -0.25) is 0 Å². The molecule has 1 saturated carbocycles. The fourth-order valence-electron chi connectivity index (χ4n) is 1.65. The summed E-state index contributed by atoms with van der Waals surface area (Å²) < 4.78 is 26.7. The number of hydrogen-bond acceptors (Lipinski definition) is 3. The summed E-state index contributed by atoms with van der Waals surface area (Å²) >= 11 is 0. The Morgan fingerprint density at radius 1 is 1.11 bits per heavy atom. The fraction of sp³-hybridized carbons (Fsp3) is 0.571. The van der Waals surface area contributed by atoms with E-state index in [4.69, 9.17) is 0 Å². The first-order chi connectivity index (χ1) is 8.88. The van der Waals surface area contributed by atoms with Crippen LogP contribution in [0.1, 0.15) is 33.6 Å². The zero-order chi connectivity index (χ0) is 14.0. The molecule has 5 heteroatoms. The van der Waals surface area contributed by atoms with Crippen LogP contribution >= 0.6 is 0 Å². The molecule has 0 saturated heterocycles. The fourth-order valence-corrected chi connectivity index (χ4v) is 2.95. The van der Waals surface area contributed by atoms with Crippen molar-refractivity contribution in [2.24, 2.45) is 5.92 Å². The van der Waals surface area contributed by atoms with Gasteiger partial charge in [0.2, 0.25) is 10.0 Å². The lowest BCUT2D eigenvalue weighted by molar-refractivity contribution is 0.560. The van der Waals surface area contributed by atoms with Crippen LogP contribution < -0.4 is 10.0 Å². The Kier molecular flexibility index (Phi) is 4.16. The summed E-state index contributed by atoms with van der Waals surface area (Å²) in [5.41, 5.74) is 0.951. The second-order valence-corrected chi connectivity index (χ2v) is 7.31. The minimum atomic E-state index is -3.34. The van der Waals surface area contributed by atoms with Gasteiger partial charge in [-0.2, -0.15) is 0 Å². The SMILES string of the molecule is CC(C)C(C)Nc1ccc(S(=O)(=O)NC2CC2)cc1. The van der Waals surface area contributed by atoms with E-state index in [0.29, 0.717) is 16.9 Å². The monoisotopic (exact) mass is 282 g/mol. The van der Waals surface area contributed by atoms with Gasteiger partial charge in [0.1, 0.15) is 0 Å². The van der Waals surface area contributed by atoms with E-state index in [0.717, 1.165) is 18.5 Å². The largest absolute Gasteiger partial charge is 0.382 e. The second kappa shape index (κ2) is 5.51. The third-order valence-corrected chi connectivity index (χ3v) is 4.99. The first-order valence-electron chi connectivity index (χ1n) is 6.77. The molecule has 0 radical (unpaired) electrons. The number of anilines is 1. The predicted molar refractivity (Wildman–Crippen MR) is 77.7 cm³/mol. The summed E-state index contributed by atoms with van der Waals surface area (Å²) in [6, 6.07) is 7.44. The van der Waals surface area contributed by atoms with Gasteiger partial charge in [0, 0.05) is 17.8 Å². The number of hydrogen-bond donors (Lipinski definition) is 2. The molecule has 0 amide bonds. The topological polar surface area (TPSA) is 58.2 Å². The molecule has 1 atom stereocenters. The van der Waals surface area contributed by atoms with Crippen molar-refractivity contribution >= 4 is 15.7 Å². The molecule has 1 aliphatic carbocycles. The summed E-state index contributed by atoms with van der Waals surface area (Å²) in [4.78, 5) is 0.335. The summed E-state index contributed by atoms with van der Waals surface area (Å²) in [7, 11) is -3.34. The highest BCUT2D eigenvalue weighted by Gasteiger charge is 2.27. The van der Waals surface area contributed by atoms with Gasteiger partial charge < -0.3 is 5.32 Å². The Balaban J connectivity index is 2.05. The molecule has 2 N–H and O–H groups in total. The molecular weight excluding hydrogens is 260 g/mol. The standard InChI is InChI=1S/C14H22N2O2S/c1-10(2)11(3)15-12-6-8-14(9-7-12)19(17,18)16-13-4-5-13/h6-11,13,15-16H,4-5H2,1-3H3. The van der Waals surface area contributed by atoms with Crippen LogP contribution in [-0.4, -0.2) is 20.5 Å². The maximum absolute atomic E-state index is 12.0. The Morgan fingerprint density at radius 3 is 2.16 bits per heavy atom. The van der Waals surface area contributed by atoms with E-state index in [1.807, 2.05) is 12.1 Å². The Bertz CT molecular complexity index is 519. The highest BCUT2D eigenvalue weighted by molar-refractivity contribution is 7.89. The van der Waals surface area contributed by atoms with Crippen molar-refractivity contribution in [1.29, 1.82) is 0 Å². The Labute approximate surface area is 115 Å². The molecule has 1 aromatic rings. The van der Waals surface area contributed by atoms with Gasteiger partial charge in [-0.15, -0.1) is 0 Å². The maximum atomic E-state index is 12.0.